The first-order valence-corrected chi connectivity index (χ1v) is 10.2. The van der Waals surface area contributed by atoms with Crippen molar-refractivity contribution in [3.05, 3.63) is 65.2 Å². The zero-order chi connectivity index (χ0) is 19.9. The number of nitrogens with zero attached hydrogens (tertiary/aromatic N) is 2. The maximum absolute atomic E-state index is 12.7. The molecule has 28 heavy (non-hydrogen) atoms. The number of benzene rings is 2. The van der Waals surface area contributed by atoms with Crippen molar-refractivity contribution in [1.82, 2.24) is 4.90 Å². The van der Waals surface area contributed by atoms with Gasteiger partial charge in [-0.15, -0.1) is 0 Å². The molecule has 4 nitrogen and oxygen atoms in total. The topological polar surface area (TPSA) is 53.3 Å². The number of rotatable bonds is 10. The Hall–Kier alpha value is -2.64. The molecule has 4 heteroatoms. The van der Waals surface area contributed by atoms with Gasteiger partial charge in [-0.2, -0.15) is 5.26 Å². The van der Waals surface area contributed by atoms with E-state index in [-0.39, 0.29) is 17.6 Å². The molecule has 2 atom stereocenters. The molecule has 0 N–H and O–H groups in total. The Morgan fingerprint density at radius 3 is 2.39 bits per heavy atom. The summed E-state index contributed by atoms with van der Waals surface area (Å²) in [5.74, 6) is 1.34. The molecule has 0 saturated heterocycles. The summed E-state index contributed by atoms with van der Waals surface area (Å²) in [6.45, 7) is 8.21. The fourth-order valence-electron chi connectivity index (χ4n) is 3.61. The molecule has 0 radical (unpaired) electrons. The summed E-state index contributed by atoms with van der Waals surface area (Å²) in [6.07, 6.45) is 1.88. The molecule has 0 unspecified atom stereocenters. The Morgan fingerprint density at radius 1 is 1.11 bits per heavy atom. The minimum absolute atomic E-state index is 0.0498. The largest absolute Gasteiger partial charge is 0.494 e. The van der Waals surface area contributed by atoms with E-state index in [1.165, 1.54) is 0 Å². The predicted molar refractivity (Wildman–Crippen MR) is 111 cm³/mol. The van der Waals surface area contributed by atoms with Crippen LogP contribution in [0.15, 0.2) is 48.5 Å². The fourth-order valence-corrected chi connectivity index (χ4v) is 3.61. The zero-order valence-electron chi connectivity index (χ0n) is 16.7. The van der Waals surface area contributed by atoms with Crippen molar-refractivity contribution in [3.8, 4) is 11.8 Å². The normalized spacial score (nSPS) is 17.9. The van der Waals surface area contributed by atoms with E-state index < -0.39 is 0 Å². The van der Waals surface area contributed by atoms with Crippen LogP contribution in [-0.2, 0) is 0 Å². The van der Waals surface area contributed by atoms with Crippen molar-refractivity contribution in [3.63, 3.8) is 0 Å². The Kier molecular flexibility index (Phi) is 6.84. The molecule has 0 spiro atoms. The van der Waals surface area contributed by atoms with Gasteiger partial charge in [-0.1, -0.05) is 26.0 Å². The van der Waals surface area contributed by atoms with Crippen LogP contribution in [0.1, 0.15) is 54.1 Å². The Morgan fingerprint density at radius 2 is 1.79 bits per heavy atom. The van der Waals surface area contributed by atoms with Crippen LogP contribution in [0.4, 0.5) is 0 Å². The molecular weight excluding hydrogens is 348 g/mol. The summed E-state index contributed by atoms with van der Waals surface area (Å²) in [7, 11) is 0. The highest BCUT2D eigenvalue weighted by Crippen LogP contribution is 2.49. The smallest absolute Gasteiger partial charge is 0.166 e. The lowest BCUT2D eigenvalue weighted by Gasteiger charge is -2.17. The third-order valence-electron chi connectivity index (χ3n) is 5.52. The number of Topliss-reactive ketones (excluding diaryl/α,β-unsaturated/α-hetero) is 1. The van der Waals surface area contributed by atoms with Crippen LogP contribution in [-0.4, -0.2) is 36.9 Å². The Balaban J connectivity index is 1.48. The highest BCUT2D eigenvalue weighted by molar-refractivity contribution is 6.00. The molecule has 2 aromatic rings. The van der Waals surface area contributed by atoms with Gasteiger partial charge in [-0.3, -0.25) is 4.79 Å². The van der Waals surface area contributed by atoms with Gasteiger partial charge < -0.3 is 9.64 Å². The van der Waals surface area contributed by atoms with Crippen molar-refractivity contribution in [2.45, 2.75) is 32.6 Å². The quantitative estimate of drug-likeness (QED) is 0.447. The Labute approximate surface area is 167 Å². The van der Waals surface area contributed by atoms with Crippen LogP contribution in [0.2, 0.25) is 0 Å². The van der Waals surface area contributed by atoms with Gasteiger partial charge in [0.2, 0.25) is 0 Å². The molecular formula is C24H28N2O2. The SMILES string of the molecule is CCN(CC)CCCOc1ccc(C(=O)[C@@H]2C[C@H]2c2ccc(C#N)cc2)cc1. The number of nitriles is 1. The van der Waals surface area contributed by atoms with Crippen LogP contribution in [0.3, 0.4) is 0 Å². The van der Waals surface area contributed by atoms with E-state index in [4.69, 9.17) is 10.00 Å². The lowest BCUT2D eigenvalue weighted by Crippen LogP contribution is -2.25. The van der Waals surface area contributed by atoms with E-state index in [0.29, 0.717) is 12.2 Å². The average Bonchev–Trinajstić information content (AvgIpc) is 3.55. The van der Waals surface area contributed by atoms with E-state index in [1.54, 1.807) is 0 Å². The van der Waals surface area contributed by atoms with Gasteiger partial charge in [0.15, 0.2) is 5.78 Å². The molecule has 3 rings (SSSR count). The first kappa shape index (κ1) is 20.1. The number of carbonyl (C=O) groups excluding carboxylic acids is 1. The summed E-state index contributed by atoms with van der Waals surface area (Å²) in [5, 5.41) is 8.89. The molecule has 2 aromatic carbocycles. The maximum atomic E-state index is 12.7. The molecule has 146 valence electrons. The summed E-state index contributed by atoms with van der Waals surface area (Å²) >= 11 is 0. The van der Waals surface area contributed by atoms with E-state index in [2.05, 4.69) is 24.8 Å². The van der Waals surface area contributed by atoms with Gasteiger partial charge in [0.25, 0.3) is 0 Å². The van der Waals surface area contributed by atoms with Crippen molar-refractivity contribution in [1.29, 1.82) is 5.26 Å². The molecule has 0 bridgehead atoms. The van der Waals surface area contributed by atoms with E-state index >= 15 is 0 Å². The zero-order valence-corrected chi connectivity index (χ0v) is 16.7. The number of hydrogen-bond donors (Lipinski definition) is 0. The highest BCUT2D eigenvalue weighted by atomic mass is 16.5. The second kappa shape index (κ2) is 9.52. The highest BCUT2D eigenvalue weighted by Gasteiger charge is 2.43. The second-order valence-corrected chi connectivity index (χ2v) is 7.30. The fraction of sp³-hybridized carbons (Fsp3) is 0.417. The van der Waals surface area contributed by atoms with Gasteiger partial charge in [-0.25, -0.2) is 0 Å². The molecule has 0 aliphatic heterocycles. The second-order valence-electron chi connectivity index (χ2n) is 7.30. The Bertz CT molecular complexity index is 817. The number of hydrogen-bond acceptors (Lipinski definition) is 4. The molecule has 1 aliphatic carbocycles. The van der Waals surface area contributed by atoms with Gasteiger partial charge in [0, 0.05) is 18.0 Å². The minimum atomic E-state index is 0.0498. The van der Waals surface area contributed by atoms with Crippen LogP contribution in [0.5, 0.6) is 5.75 Å². The van der Waals surface area contributed by atoms with E-state index in [1.807, 2.05) is 48.5 Å². The molecule has 1 fully saturated rings. The first-order valence-electron chi connectivity index (χ1n) is 10.2. The summed E-state index contributed by atoms with van der Waals surface area (Å²) in [4.78, 5) is 15.1. The molecule has 1 aliphatic rings. The van der Waals surface area contributed by atoms with Crippen LogP contribution in [0.25, 0.3) is 0 Å². The first-order chi connectivity index (χ1) is 13.7. The summed E-state index contributed by atoms with van der Waals surface area (Å²) < 4.78 is 5.80. The molecule has 0 aromatic heterocycles. The lowest BCUT2D eigenvalue weighted by molar-refractivity contribution is 0.0965. The maximum Gasteiger partial charge on any atom is 0.166 e. The molecule has 0 amide bonds. The minimum Gasteiger partial charge on any atom is -0.494 e. The number of carbonyl (C=O) groups is 1. The van der Waals surface area contributed by atoms with Crippen molar-refractivity contribution < 1.29 is 9.53 Å². The molecule has 0 heterocycles. The predicted octanol–water partition coefficient (Wildman–Crippen LogP) is 4.66. The average molecular weight is 377 g/mol. The van der Waals surface area contributed by atoms with Gasteiger partial charge in [0.1, 0.15) is 5.75 Å². The van der Waals surface area contributed by atoms with Gasteiger partial charge in [0.05, 0.1) is 18.2 Å². The van der Waals surface area contributed by atoms with Crippen LogP contribution < -0.4 is 4.74 Å². The van der Waals surface area contributed by atoms with Crippen LogP contribution >= 0.6 is 0 Å². The van der Waals surface area contributed by atoms with Gasteiger partial charge >= 0.3 is 0 Å². The lowest BCUT2D eigenvalue weighted by atomic mass is 10.0. The summed E-state index contributed by atoms with van der Waals surface area (Å²) in [6, 6.07) is 17.2. The standard InChI is InChI=1S/C24H28N2O2/c1-3-26(4-2)14-5-15-28-21-12-10-20(11-13-21)24(27)23-16-22(23)19-8-6-18(17-25)7-9-19/h6-13,22-23H,3-5,14-16H2,1-2H3/t22-,23+/m0/s1. The van der Waals surface area contributed by atoms with Crippen molar-refractivity contribution >= 4 is 5.78 Å². The summed E-state index contributed by atoms with van der Waals surface area (Å²) in [5.41, 5.74) is 2.54. The van der Waals surface area contributed by atoms with E-state index in [9.17, 15) is 4.79 Å². The van der Waals surface area contributed by atoms with Crippen LogP contribution in [0, 0.1) is 17.2 Å². The third-order valence-corrected chi connectivity index (χ3v) is 5.52. The monoisotopic (exact) mass is 376 g/mol. The number of ketones is 1. The van der Waals surface area contributed by atoms with Gasteiger partial charge in [-0.05, 0) is 73.8 Å². The third kappa shape index (κ3) is 4.99. The van der Waals surface area contributed by atoms with Crippen molar-refractivity contribution in [2.24, 2.45) is 5.92 Å². The number of ether oxygens (including phenoxy) is 1. The van der Waals surface area contributed by atoms with E-state index in [0.717, 1.165) is 49.4 Å². The molecule has 1 saturated carbocycles. The van der Waals surface area contributed by atoms with Crippen molar-refractivity contribution in [2.75, 3.05) is 26.2 Å².